The average Bonchev–Trinajstić information content (AvgIpc) is 3.63. The smallest absolute Gasteiger partial charge is 0.410 e. The molecule has 0 aliphatic heterocycles. The molecule has 0 saturated heterocycles. The minimum Gasteiger partial charge on any atom is -0.467 e. The number of benzene rings is 1. The molecule has 1 aliphatic carbocycles. The van der Waals surface area contributed by atoms with Gasteiger partial charge in [-0.2, -0.15) is 5.26 Å². The van der Waals surface area contributed by atoms with Gasteiger partial charge in [0, 0.05) is 19.2 Å². The highest BCUT2D eigenvalue weighted by atomic mass is 16.7. The standard InChI is InChI=1S/C25H33N5O5/c1-6-33-15-34-20-11-16(13-26)7-10-18(20)23-19(17-8-9-17)12-21(28-29-23)27-22(31)14-30(5)24(32)35-25(2,3)4/h7,10-12,17,22,31H,6,8-9,14-15H2,1-5H3,(H,27,28). The maximum atomic E-state index is 12.2. The summed E-state index contributed by atoms with van der Waals surface area (Å²) in [6.45, 7) is 7.79. The number of carbonyl (C=O) groups is 1. The van der Waals surface area contributed by atoms with Crippen molar-refractivity contribution in [3.05, 3.63) is 35.4 Å². The summed E-state index contributed by atoms with van der Waals surface area (Å²) in [7, 11) is 1.55. The van der Waals surface area contributed by atoms with E-state index in [2.05, 4.69) is 21.6 Å². The van der Waals surface area contributed by atoms with Crippen LogP contribution in [-0.2, 0) is 9.47 Å². The third-order valence-electron chi connectivity index (χ3n) is 5.17. The number of likely N-dealkylation sites (N-methyl/N-ethyl adjacent to an activating group) is 1. The molecule has 10 nitrogen and oxygen atoms in total. The average molecular weight is 484 g/mol. The zero-order valence-electron chi connectivity index (χ0n) is 20.9. The summed E-state index contributed by atoms with van der Waals surface area (Å²) in [5.41, 5.74) is 2.20. The highest BCUT2D eigenvalue weighted by molar-refractivity contribution is 5.73. The van der Waals surface area contributed by atoms with Crippen LogP contribution >= 0.6 is 0 Å². The summed E-state index contributed by atoms with van der Waals surface area (Å²) in [5, 5.41) is 31.4. The van der Waals surface area contributed by atoms with Crippen LogP contribution in [-0.4, -0.2) is 65.1 Å². The van der Waals surface area contributed by atoms with Gasteiger partial charge in [0.2, 0.25) is 0 Å². The summed E-state index contributed by atoms with van der Waals surface area (Å²) in [5.74, 6) is 1.21. The number of aliphatic hydroxyl groups is 1. The number of anilines is 1. The number of ether oxygens (including phenoxy) is 3. The molecule has 0 radical (unpaired) electrons. The zero-order chi connectivity index (χ0) is 25.6. The fourth-order valence-electron chi connectivity index (χ4n) is 3.38. The molecule has 35 heavy (non-hydrogen) atoms. The van der Waals surface area contributed by atoms with E-state index in [-0.39, 0.29) is 13.3 Å². The Morgan fingerprint density at radius 1 is 1.31 bits per heavy atom. The van der Waals surface area contributed by atoms with E-state index in [0.717, 1.165) is 24.0 Å². The van der Waals surface area contributed by atoms with Crippen molar-refractivity contribution in [2.45, 2.75) is 58.3 Å². The maximum absolute atomic E-state index is 12.2. The molecule has 1 fully saturated rings. The van der Waals surface area contributed by atoms with Crippen LogP contribution in [0.5, 0.6) is 5.75 Å². The SMILES string of the molecule is CCOCOc1cc(C#N)ccc1-c1nnc(NC(O)CN(C)C(=O)OC(C)(C)C)cc1C1CC1. The van der Waals surface area contributed by atoms with Crippen molar-refractivity contribution in [1.29, 1.82) is 5.26 Å². The van der Waals surface area contributed by atoms with Crippen LogP contribution in [0.2, 0.25) is 0 Å². The summed E-state index contributed by atoms with van der Waals surface area (Å²) in [6.07, 6.45) is 0.444. The minimum atomic E-state index is -1.07. The quantitative estimate of drug-likeness (QED) is 0.382. The molecule has 0 bridgehead atoms. The fraction of sp³-hybridized carbons (Fsp3) is 0.520. The zero-order valence-corrected chi connectivity index (χ0v) is 20.9. The number of aromatic nitrogens is 2. The fourth-order valence-corrected chi connectivity index (χ4v) is 3.38. The number of nitriles is 1. The molecule has 2 aromatic rings. The summed E-state index contributed by atoms with van der Waals surface area (Å²) >= 11 is 0. The molecule has 1 saturated carbocycles. The Morgan fingerprint density at radius 2 is 2.06 bits per heavy atom. The van der Waals surface area contributed by atoms with Gasteiger partial charge in [-0.15, -0.1) is 10.2 Å². The predicted octanol–water partition coefficient (Wildman–Crippen LogP) is 3.86. The molecule has 1 atom stereocenters. The van der Waals surface area contributed by atoms with Crippen LogP contribution < -0.4 is 10.1 Å². The Morgan fingerprint density at radius 3 is 2.69 bits per heavy atom. The Hall–Kier alpha value is -3.42. The Bertz CT molecular complexity index is 1070. The van der Waals surface area contributed by atoms with Crippen LogP contribution in [0.1, 0.15) is 57.6 Å². The number of carbonyl (C=O) groups excluding carboxylic acids is 1. The van der Waals surface area contributed by atoms with Gasteiger partial charge in [-0.1, -0.05) is 0 Å². The molecular weight excluding hydrogens is 450 g/mol. The molecule has 3 rings (SSSR count). The Kier molecular flexibility index (Phi) is 8.48. The third kappa shape index (κ3) is 7.53. The maximum Gasteiger partial charge on any atom is 0.410 e. The highest BCUT2D eigenvalue weighted by Gasteiger charge is 2.30. The molecule has 0 spiro atoms. The van der Waals surface area contributed by atoms with Crippen molar-refractivity contribution in [3.8, 4) is 23.1 Å². The normalized spacial score (nSPS) is 14.1. The number of aliphatic hydroxyl groups excluding tert-OH is 1. The van der Waals surface area contributed by atoms with E-state index in [0.29, 0.717) is 35.3 Å². The number of hydrogen-bond acceptors (Lipinski definition) is 9. The molecule has 1 aromatic carbocycles. The minimum absolute atomic E-state index is 0.00213. The second-order valence-electron chi connectivity index (χ2n) is 9.41. The Labute approximate surface area is 205 Å². The monoisotopic (exact) mass is 483 g/mol. The number of nitrogens with one attached hydrogen (secondary N) is 1. The number of nitrogens with zero attached hydrogens (tertiary/aromatic N) is 4. The lowest BCUT2D eigenvalue weighted by Gasteiger charge is -2.26. The van der Waals surface area contributed by atoms with Gasteiger partial charge in [0.1, 0.15) is 23.3 Å². The third-order valence-corrected chi connectivity index (χ3v) is 5.17. The number of rotatable bonds is 10. The summed E-state index contributed by atoms with van der Waals surface area (Å²) in [4.78, 5) is 13.5. The van der Waals surface area contributed by atoms with Crippen LogP contribution in [0.4, 0.5) is 10.6 Å². The van der Waals surface area contributed by atoms with E-state index in [9.17, 15) is 15.2 Å². The van der Waals surface area contributed by atoms with Crippen LogP contribution in [0.25, 0.3) is 11.3 Å². The van der Waals surface area contributed by atoms with E-state index in [1.807, 2.05) is 13.0 Å². The lowest BCUT2D eigenvalue weighted by Crippen LogP contribution is -2.41. The molecule has 10 heteroatoms. The van der Waals surface area contributed by atoms with E-state index >= 15 is 0 Å². The largest absolute Gasteiger partial charge is 0.467 e. The predicted molar refractivity (Wildman–Crippen MR) is 130 cm³/mol. The lowest BCUT2D eigenvalue weighted by atomic mass is 10.0. The number of hydrogen-bond donors (Lipinski definition) is 2. The molecule has 2 N–H and O–H groups in total. The van der Waals surface area contributed by atoms with Crippen molar-refractivity contribution in [3.63, 3.8) is 0 Å². The first-order valence-electron chi connectivity index (χ1n) is 11.6. The summed E-state index contributed by atoms with van der Waals surface area (Å²) in [6, 6.07) is 9.16. The molecule has 1 amide bonds. The van der Waals surface area contributed by atoms with Gasteiger partial charge in [-0.3, -0.25) is 0 Å². The van der Waals surface area contributed by atoms with Crippen LogP contribution in [0, 0.1) is 11.3 Å². The van der Waals surface area contributed by atoms with Gasteiger partial charge in [-0.25, -0.2) is 4.79 Å². The van der Waals surface area contributed by atoms with E-state index < -0.39 is 17.9 Å². The molecule has 1 aromatic heterocycles. The first kappa shape index (κ1) is 26.2. The molecular formula is C25H33N5O5. The van der Waals surface area contributed by atoms with Crippen molar-refractivity contribution >= 4 is 11.9 Å². The second kappa shape index (κ2) is 11.3. The first-order chi connectivity index (χ1) is 16.6. The molecule has 188 valence electrons. The van der Waals surface area contributed by atoms with Gasteiger partial charge in [0.15, 0.2) is 12.6 Å². The second-order valence-corrected chi connectivity index (χ2v) is 9.41. The van der Waals surface area contributed by atoms with Crippen molar-refractivity contribution in [2.75, 3.05) is 32.3 Å². The number of amides is 1. The highest BCUT2D eigenvalue weighted by Crippen LogP contribution is 2.45. The van der Waals surface area contributed by atoms with Gasteiger partial charge >= 0.3 is 6.09 Å². The van der Waals surface area contributed by atoms with Gasteiger partial charge in [0.25, 0.3) is 0 Å². The lowest BCUT2D eigenvalue weighted by molar-refractivity contribution is 0.0223. The molecule has 1 aliphatic rings. The van der Waals surface area contributed by atoms with Crippen molar-refractivity contribution in [1.82, 2.24) is 15.1 Å². The summed E-state index contributed by atoms with van der Waals surface area (Å²) < 4.78 is 16.4. The first-order valence-corrected chi connectivity index (χ1v) is 11.6. The van der Waals surface area contributed by atoms with Crippen LogP contribution in [0.3, 0.4) is 0 Å². The van der Waals surface area contributed by atoms with E-state index in [1.54, 1.807) is 46.0 Å². The Balaban J connectivity index is 1.79. The van der Waals surface area contributed by atoms with E-state index in [1.165, 1.54) is 4.90 Å². The van der Waals surface area contributed by atoms with Gasteiger partial charge < -0.3 is 29.5 Å². The molecule has 1 heterocycles. The molecule has 1 unspecified atom stereocenters. The van der Waals surface area contributed by atoms with Crippen molar-refractivity contribution in [2.24, 2.45) is 0 Å². The van der Waals surface area contributed by atoms with Gasteiger partial charge in [-0.05, 0) is 76.3 Å². The van der Waals surface area contributed by atoms with Gasteiger partial charge in [0.05, 0.1) is 18.2 Å². The topological polar surface area (TPSA) is 130 Å². The van der Waals surface area contributed by atoms with E-state index in [4.69, 9.17) is 14.2 Å². The van der Waals surface area contributed by atoms with Crippen molar-refractivity contribution < 1.29 is 24.1 Å². The van der Waals surface area contributed by atoms with Crippen LogP contribution in [0.15, 0.2) is 24.3 Å².